The minimum Gasteiger partial charge on any atom is -0.318 e. The lowest BCUT2D eigenvalue weighted by atomic mass is 10.1. The fourth-order valence-corrected chi connectivity index (χ4v) is 3.91. The molecule has 0 saturated carbocycles. The van der Waals surface area contributed by atoms with E-state index in [-0.39, 0.29) is 5.92 Å². The molecule has 0 unspecified atom stereocenters. The third-order valence-corrected chi connectivity index (χ3v) is 4.93. The van der Waals surface area contributed by atoms with E-state index in [0.717, 1.165) is 41.4 Å². The molecule has 0 radical (unpaired) electrons. The highest BCUT2D eigenvalue weighted by Crippen LogP contribution is 2.37. The lowest BCUT2D eigenvalue weighted by molar-refractivity contribution is 0.112. The molecule has 1 aromatic heterocycles. The predicted octanol–water partition coefficient (Wildman–Crippen LogP) is 4.55. The number of rotatable bonds is 3. The molecule has 110 valence electrons. The molecular weight excluding hydrogens is 280 g/mol. The van der Waals surface area contributed by atoms with Crippen LogP contribution in [0.15, 0.2) is 24.3 Å². The standard InChI is InChI=1S/C17H20N2OS/c1-12(2)16-15(11-20)21-17(18-16)19-10-6-5-8-13-7-3-4-9-14(13)19/h3-4,7,9,11-12H,5-6,8,10H2,1-2H3. The first-order chi connectivity index (χ1) is 10.2. The summed E-state index contributed by atoms with van der Waals surface area (Å²) in [6.07, 6.45) is 4.42. The number of carbonyl (C=O) groups excluding carboxylic acids is 1. The Balaban J connectivity index is 2.06. The van der Waals surface area contributed by atoms with Gasteiger partial charge >= 0.3 is 0 Å². The molecule has 0 atom stereocenters. The molecule has 1 aromatic carbocycles. The summed E-state index contributed by atoms with van der Waals surface area (Å²) < 4.78 is 0. The van der Waals surface area contributed by atoms with Crippen molar-refractivity contribution < 1.29 is 4.79 Å². The van der Waals surface area contributed by atoms with Gasteiger partial charge in [-0.3, -0.25) is 4.79 Å². The summed E-state index contributed by atoms with van der Waals surface area (Å²) in [4.78, 5) is 19.1. The van der Waals surface area contributed by atoms with Crippen LogP contribution in [-0.2, 0) is 6.42 Å². The van der Waals surface area contributed by atoms with Crippen molar-refractivity contribution in [1.29, 1.82) is 0 Å². The van der Waals surface area contributed by atoms with Crippen LogP contribution in [0, 0.1) is 0 Å². The highest BCUT2D eigenvalue weighted by atomic mass is 32.1. The molecule has 3 rings (SSSR count). The quantitative estimate of drug-likeness (QED) is 0.779. The molecule has 2 heterocycles. The molecule has 0 aliphatic carbocycles. The van der Waals surface area contributed by atoms with Crippen LogP contribution in [0.4, 0.5) is 10.8 Å². The van der Waals surface area contributed by atoms with E-state index in [0.29, 0.717) is 0 Å². The van der Waals surface area contributed by atoms with E-state index in [9.17, 15) is 4.79 Å². The molecule has 4 heteroatoms. The maximum absolute atomic E-state index is 11.3. The molecule has 0 spiro atoms. The predicted molar refractivity (Wildman–Crippen MR) is 88.0 cm³/mol. The molecule has 0 amide bonds. The van der Waals surface area contributed by atoms with Gasteiger partial charge in [-0.05, 0) is 36.8 Å². The largest absolute Gasteiger partial charge is 0.318 e. The second-order valence-electron chi connectivity index (χ2n) is 5.76. The molecule has 21 heavy (non-hydrogen) atoms. The van der Waals surface area contributed by atoms with Crippen LogP contribution >= 0.6 is 11.3 Å². The van der Waals surface area contributed by atoms with Gasteiger partial charge in [-0.15, -0.1) is 0 Å². The van der Waals surface area contributed by atoms with E-state index in [1.807, 2.05) is 0 Å². The zero-order valence-electron chi connectivity index (χ0n) is 12.5. The van der Waals surface area contributed by atoms with Crippen molar-refractivity contribution in [3.8, 4) is 0 Å². The number of hydrogen-bond donors (Lipinski definition) is 0. The molecule has 0 saturated heterocycles. The molecule has 1 aliphatic rings. The minimum absolute atomic E-state index is 0.275. The summed E-state index contributed by atoms with van der Waals surface area (Å²) in [5.74, 6) is 0.275. The Kier molecular flexibility index (Phi) is 4.06. The van der Waals surface area contributed by atoms with Crippen molar-refractivity contribution in [3.05, 3.63) is 40.4 Å². The minimum atomic E-state index is 0.275. The van der Waals surface area contributed by atoms with E-state index in [4.69, 9.17) is 4.98 Å². The zero-order valence-corrected chi connectivity index (χ0v) is 13.3. The van der Waals surface area contributed by atoms with Gasteiger partial charge in [0, 0.05) is 12.2 Å². The first kappa shape index (κ1) is 14.3. The fraction of sp³-hybridized carbons (Fsp3) is 0.412. The Labute approximate surface area is 129 Å². The van der Waals surface area contributed by atoms with Gasteiger partial charge in [-0.1, -0.05) is 43.4 Å². The summed E-state index contributed by atoms with van der Waals surface area (Å²) in [5.41, 5.74) is 3.55. The van der Waals surface area contributed by atoms with E-state index < -0.39 is 0 Å². The number of carbonyl (C=O) groups is 1. The highest BCUT2D eigenvalue weighted by molar-refractivity contribution is 7.17. The maximum Gasteiger partial charge on any atom is 0.190 e. The molecule has 3 nitrogen and oxygen atoms in total. The topological polar surface area (TPSA) is 33.2 Å². The van der Waals surface area contributed by atoms with Crippen molar-refractivity contribution >= 4 is 28.4 Å². The lowest BCUT2D eigenvalue weighted by Gasteiger charge is -2.21. The highest BCUT2D eigenvalue weighted by Gasteiger charge is 2.22. The summed E-state index contributed by atoms with van der Waals surface area (Å²) in [6.45, 7) is 5.14. The van der Waals surface area contributed by atoms with E-state index in [1.54, 1.807) is 0 Å². The Morgan fingerprint density at radius 3 is 2.81 bits per heavy atom. The number of aldehydes is 1. The Bertz CT molecular complexity index is 648. The van der Waals surface area contributed by atoms with E-state index in [2.05, 4.69) is 43.0 Å². The number of anilines is 2. The van der Waals surface area contributed by atoms with Crippen molar-refractivity contribution in [1.82, 2.24) is 4.98 Å². The number of hydrogen-bond acceptors (Lipinski definition) is 4. The Morgan fingerprint density at radius 2 is 2.10 bits per heavy atom. The monoisotopic (exact) mass is 300 g/mol. The molecule has 1 aliphatic heterocycles. The number of aromatic nitrogens is 1. The molecule has 2 aromatic rings. The second kappa shape index (κ2) is 5.98. The van der Waals surface area contributed by atoms with Gasteiger partial charge in [0.2, 0.25) is 0 Å². The van der Waals surface area contributed by atoms with Crippen LogP contribution in [0.3, 0.4) is 0 Å². The van der Waals surface area contributed by atoms with E-state index >= 15 is 0 Å². The van der Waals surface area contributed by atoms with Gasteiger partial charge in [-0.25, -0.2) is 4.98 Å². The third kappa shape index (κ3) is 2.72. The number of fused-ring (bicyclic) bond motifs is 1. The number of thiazole rings is 1. The summed E-state index contributed by atoms with van der Waals surface area (Å²) in [7, 11) is 0. The summed E-state index contributed by atoms with van der Waals surface area (Å²) in [5, 5.41) is 0.954. The van der Waals surface area contributed by atoms with E-state index in [1.165, 1.54) is 29.0 Å². The lowest BCUT2D eigenvalue weighted by Crippen LogP contribution is -2.17. The van der Waals surface area contributed by atoms with Crippen molar-refractivity contribution in [2.24, 2.45) is 0 Å². The van der Waals surface area contributed by atoms with Gasteiger partial charge in [0.05, 0.1) is 10.6 Å². The van der Waals surface area contributed by atoms with Gasteiger partial charge in [-0.2, -0.15) is 0 Å². The normalized spacial score (nSPS) is 14.9. The first-order valence-electron chi connectivity index (χ1n) is 7.52. The smallest absolute Gasteiger partial charge is 0.190 e. The maximum atomic E-state index is 11.3. The average Bonchev–Trinajstić information content (AvgIpc) is 2.81. The van der Waals surface area contributed by atoms with Crippen LogP contribution in [0.2, 0.25) is 0 Å². The van der Waals surface area contributed by atoms with Crippen molar-refractivity contribution in [2.45, 2.75) is 39.0 Å². The second-order valence-corrected chi connectivity index (χ2v) is 6.77. The van der Waals surface area contributed by atoms with Gasteiger partial charge in [0.1, 0.15) is 0 Å². The molecular formula is C17H20N2OS. The SMILES string of the molecule is CC(C)c1nc(N2CCCCc3ccccc32)sc1C=O. The zero-order chi connectivity index (χ0) is 14.8. The number of benzene rings is 1. The summed E-state index contributed by atoms with van der Waals surface area (Å²) >= 11 is 1.51. The number of nitrogens with zero attached hydrogens (tertiary/aromatic N) is 2. The molecule has 0 fully saturated rings. The molecule has 0 N–H and O–H groups in total. The Hall–Kier alpha value is -1.68. The van der Waals surface area contributed by atoms with Gasteiger partial charge < -0.3 is 4.90 Å². The van der Waals surface area contributed by atoms with Gasteiger partial charge in [0.25, 0.3) is 0 Å². The molecule has 0 bridgehead atoms. The number of para-hydroxylation sites is 1. The van der Waals surface area contributed by atoms with Crippen LogP contribution in [0.25, 0.3) is 0 Å². The van der Waals surface area contributed by atoms with Crippen LogP contribution in [0.5, 0.6) is 0 Å². The van der Waals surface area contributed by atoms with Gasteiger partial charge in [0.15, 0.2) is 11.4 Å². The first-order valence-corrected chi connectivity index (χ1v) is 8.33. The van der Waals surface area contributed by atoms with Crippen molar-refractivity contribution in [2.75, 3.05) is 11.4 Å². The van der Waals surface area contributed by atoms with Crippen LogP contribution < -0.4 is 4.90 Å². The van der Waals surface area contributed by atoms with Crippen LogP contribution in [-0.4, -0.2) is 17.8 Å². The fourth-order valence-electron chi connectivity index (χ4n) is 2.84. The third-order valence-electron chi connectivity index (χ3n) is 3.91. The van der Waals surface area contributed by atoms with Crippen LogP contribution in [0.1, 0.15) is 53.5 Å². The number of aryl methyl sites for hydroxylation is 1. The average molecular weight is 300 g/mol. The Morgan fingerprint density at radius 1 is 1.29 bits per heavy atom. The van der Waals surface area contributed by atoms with Crippen molar-refractivity contribution in [3.63, 3.8) is 0 Å². The summed E-state index contributed by atoms with van der Waals surface area (Å²) in [6, 6.07) is 8.54.